The molecule has 5 aromatic rings. The van der Waals surface area contributed by atoms with Gasteiger partial charge in [-0.1, -0.05) is 32.0 Å². The van der Waals surface area contributed by atoms with Crippen LogP contribution in [0.25, 0.3) is 5.32 Å². The Bertz CT molecular complexity index is 4620. The van der Waals surface area contributed by atoms with Gasteiger partial charge in [-0.2, -0.15) is 0 Å². The Hall–Kier alpha value is -11.7. The van der Waals surface area contributed by atoms with E-state index < -0.39 is 279 Å². The molecule has 52 heteroatoms. The first-order chi connectivity index (χ1) is 63.7. The third-order valence-electron chi connectivity index (χ3n) is 20.3. The Morgan fingerprint density at radius 2 is 1.04 bits per heavy atom. The maximum absolute atomic E-state index is 14.1. The molecule has 0 saturated heterocycles. The average molecular weight is 2010 g/mol. The van der Waals surface area contributed by atoms with E-state index in [1.165, 1.54) is 80.0 Å². The van der Waals surface area contributed by atoms with Crippen LogP contribution in [-0.4, -0.2) is 383 Å². The maximum Gasteiger partial charge on any atom is 0.282 e. The second kappa shape index (κ2) is 57.9. The number of pyridine rings is 1. The van der Waals surface area contributed by atoms with Gasteiger partial charge in [-0.25, -0.2) is 0 Å². The number of rotatable bonds is 45. The molecule has 0 radical (unpaired) electrons. The summed E-state index contributed by atoms with van der Waals surface area (Å²) in [5, 5.41) is 231. The van der Waals surface area contributed by atoms with Gasteiger partial charge in [0.05, 0.1) is 58.4 Å². The van der Waals surface area contributed by atoms with Crippen molar-refractivity contribution in [3.63, 3.8) is 0 Å². The van der Waals surface area contributed by atoms with E-state index in [9.17, 15) is 129 Å². The van der Waals surface area contributed by atoms with Gasteiger partial charge in [-0.15, -0.1) is 0 Å². The molecule has 0 aliphatic carbocycles. The number of benzene rings is 4. The second-order valence-electron chi connectivity index (χ2n) is 30.9. The van der Waals surface area contributed by atoms with Crippen LogP contribution >= 0.6 is 7.92 Å². The summed E-state index contributed by atoms with van der Waals surface area (Å²) in [5.41, 5.74) is 10.4. The molecule has 16 atom stereocenters. The van der Waals surface area contributed by atoms with Crippen LogP contribution in [0.15, 0.2) is 132 Å². The number of aromatic nitrogens is 1. The number of guanidine groups is 1. The van der Waals surface area contributed by atoms with Crippen molar-refractivity contribution in [2.24, 2.45) is 27.5 Å². The fourth-order valence-corrected chi connectivity index (χ4v) is 15.1. The first-order valence-corrected chi connectivity index (χ1v) is 43.6. The molecule has 6 rings (SSSR count). The molecule has 12 unspecified atom stereocenters. The van der Waals surface area contributed by atoms with Crippen molar-refractivity contribution < 1.29 is 183 Å². The van der Waals surface area contributed by atoms with Crippen LogP contribution in [0.3, 0.4) is 0 Å². The average Bonchev–Trinajstić information content (AvgIpc) is 0.795. The van der Waals surface area contributed by atoms with Crippen molar-refractivity contribution in [3.05, 3.63) is 166 Å². The van der Waals surface area contributed by atoms with E-state index in [1.54, 1.807) is 69.0 Å². The van der Waals surface area contributed by atoms with E-state index in [2.05, 4.69) is 78.2 Å². The Labute approximate surface area is 782 Å². The molecule has 0 fully saturated rings. The first kappa shape index (κ1) is 116. The van der Waals surface area contributed by atoms with E-state index in [-0.39, 0.29) is 77.6 Å². The predicted molar refractivity (Wildman–Crippen MR) is 473 cm³/mol. The van der Waals surface area contributed by atoms with Crippen molar-refractivity contribution >= 4 is 107 Å². The van der Waals surface area contributed by atoms with Crippen LogP contribution in [0.1, 0.15) is 102 Å². The number of nitrogens with zero attached hydrogens (tertiary/aromatic N) is 6. The second-order valence-corrected chi connectivity index (χ2v) is 33.8. The van der Waals surface area contributed by atoms with Gasteiger partial charge in [0.15, 0.2) is 5.96 Å². The van der Waals surface area contributed by atoms with Crippen LogP contribution in [0.5, 0.6) is 0 Å². The molecular formula is C83H117N17O33PTc+. The number of carboxylic acids is 2. The molecule has 0 saturated carbocycles. The third kappa shape index (κ3) is 37.5. The molecule has 1 aliphatic rings. The molecule has 0 spiro atoms. The Morgan fingerprint density at radius 3 is 1.43 bits per heavy atom. The summed E-state index contributed by atoms with van der Waals surface area (Å²) < 4.78 is 3.57. The summed E-state index contributed by atoms with van der Waals surface area (Å²) in [6.07, 6.45) is -21.3. The molecule has 743 valence electrons. The summed E-state index contributed by atoms with van der Waals surface area (Å²) in [7, 11) is -0.632. The minimum atomic E-state index is -2.00. The number of aliphatic imine (C=N–C) groups is 1. The van der Waals surface area contributed by atoms with Crippen LogP contribution in [0, 0.1) is 5.92 Å². The maximum atomic E-state index is 14.1. The summed E-state index contributed by atoms with van der Waals surface area (Å²) in [4.78, 5) is 164. The molecule has 1 aromatic heterocycles. The van der Waals surface area contributed by atoms with Crippen LogP contribution in [-0.2, 0) is 65.4 Å². The van der Waals surface area contributed by atoms with Gasteiger partial charge in [0.1, 0.15) is 89.0 Å². The number of amides is 10. The van der Waals surface area contributed by atoms with E-state index >= 15 is 0 Å². The zero-order valence-electron chi connectivity index (χ0n) is 73.1. The van der Waals surface area contributed by atoms with E-state index in [4.69, 9.17) is 47.2 Å². The van der Waals surface area contributed by atoms with Crippen LogP contribution in [0.2, 0.25) is 0 Å². The summed E-state index contributed by atoms with van der Waals surface area (Å²) in [6, 6.07) is 20.7. The topological polar surface area (TPSA) is 859 Å². The third-order valence-corrected chi connectivity index (χ3v) is 23.2. The van der Waals surface area contributed by atoms with Crippen LogP contribution in [0.4, 0.5) is 5.82 Å². The van der Waals surface area contributed by atoms with Gasteiger partial charge in [0.2, 0.25) is 23.6 Å². The SMILES string of the molecule is C=C(O)C[C@@H]1NC(=O)CNC(=O)[C@H](CCCN=C(N)N)N(C)C(=O)[C@@H](C(C)C)NC(=O)c2cc(cc(CNC(=O)[C@@H](CC(=O)O)NC(=O)c3ccc(N=[N+]=[Tc])nc3)c2)CNC1=O.O=C(NCC(O)C(O)C(O)C(O)CO)c1ccc([PH+](c2ccc(C(=O)NCC(O)C(O)C(O)C(O)CO)cc2)c2ccc(C(=O)NCC(O)C(O)C(O)C(O)CO)cc2)cc1.O=C(O)C[N-]C(CO)(CO)CO. The Morgan fingerprint density at radius 1 is 0.593 bits per heavy atom. The van der Waals surface area contributed by atoms with Gasteiger partial charge < -0.3 is 161 Å². The molecule has 50 nitrogen and oxygen atoms in total. The largest absolute Gasteiger partial charge is 0.642 e. The van der Waals surface area contributed by atoms with Crippen molar-refractivity contribution in [1.82, 2.24) is 61.1 Å². The van der Waals surface area contributed by atoms with Gasteiger partial charge in [0, 0.05) is 88.3 Å². The number of carbonyl (C=O) groups excluding carboxylic acids is 10. The van der Waals surface area contributed by atoms with Crippen molar-refractivity contribution in [2.75, 3.05) is 86.0 Å². The quantitative estimate of drug-likeness (QED) is 0.00327. The molecule has 34 N–H and O–H groups in total. The number of hydrogen-bond acceptors (Lipinski definition) is 34. The number of nitrogens with one attached hydrogen (secondary N) is 9. The summed E-state index contributed by atoms with van der Waals surface area (Å²) in [5.74, 6) is -10.8. The fourth-order valence-electron chi connectivity index (χ4n) is 12.4. The number of aliphatic hydroxyl groups excluding tert-OH is 19. The van der Waals surface area contributed by atoms with Crippen molar-refractivity contribution in [1.29, 1.82) is 0 Å². The number of hydrogen-bond donors (Lipinski definition) is 32. The fraction of sp³-hybridized carbons (Fsp3) is 0.470. The standard InChI is InChI=1S/C39H54N3O18P.C38H50N13O10.C6H12NO5.Tc/c43-16-28(49)34(55)31(52)25(46)13-40-37(58)19-1-7-22(8-2-19)61(23-9-3-20(4-10-23)38(59)41-14-26(47)32(53)35(56)29(50)17-44)24-11-5-21(6-12-24)39(60)42-15-27(48)33(54)36(57)30(51)18-45;1-19(2)31-37(61)51(4)27(6-5-9-42-38(39)40)36(60)46-18-29(53)47-25(10-20(3)52)34(58)44-15-21-11-22(13-24(12-21)33(57)49-31)16-45-35(59)26(14-30(54)55)48-32(56)23-7-8-28(50-41)43-17-23;8-2-6(3-9,4-10)7-1-5(11)12;/h1-12,25-36,43-57H,13-18H2,(H,40,58)(H,41,59)(H,42,60);7-8,11-13,17,19,25-27,31,52H,3,5-6,9-10,14-16,18H2,1-2,4H3,(H,44,58)(H,45,59)(H,46,60)(H,47,53)(H,48,56)(H,49,57)(H,54,55)(H4,39,40,42);8-10H,1-4H2,(H,11,12);/q;2*-1;+2/p+1/t;25-,26+,27-,31+;;/m.0../s1. The summed E-state index contributed by atoms with van der Waals surface area (Å²) >= 11 is 1.65. The molecular weight excluding hydrogens is 1890 g/mol. The van der Waals surface area contributed by atoms with E-state index in [0.29, 0.717) is 21.5 Å². The van der Waals surface area contributed by atoms with Crippen molar-refractivity contribution in [2.45, 2.75) is 156 Å². The monoisotopic (exact) mass is 2010 g/mol. The molecule has 135 heavy (non-hydrogen) atoms. The van der Waals surface area contributed by atoms with E-state index in [0.717, 1.165) is 4.90 Å². The number of nitrogens with two attached hydrogens (primary N) is 2. The number of fused-ring (bicyclic) bond motifs is 2. The van der Waals surface area contributed by atoms with Gasteiger partial charge in [0.25, 0.3) is 29.6 Å². The minimum Gasteiger partial charge on any atom is -0.642 e. The van der Waals surface area contributed by atoms with Crippen molar-refractivity contribution in [3.8, 4) is 0 Å². The number of aliphatic hydroxyl groups is 19. The van der Waals surface area contributed by atoms with Crippen LogP contribution < -0.4 is 78.6 Å². The molecule has 1 aliphatic heterocycles. The number of carbonyl (C=O) groups is 12. The van der Waals surface area contributed by atoms with E-state index in [1.807, 2.05) is 0 Å². The molecule has 2 bridgehead atoms. The van der Waals surface area contributed by atoms with Gasteiger partial charge in [-0.05, 0) is 121 Å². The Balaban J connectivity index is 0.000000502. The zero-order valence-corrected chi connectivity index (χ0v) is 76.0. The summed E-state index contributed by atoms with van der Waals surface area (Å²) in [6.45, 7) is -0.732. The molecule has 2 heterocycles. The Kier molecular flexibility index (Phi) is 49.6. The minimum absolute atomic E-state index is 0.0132. The molecule has 10 amide bonds. The number of aliphatic carboxylic acids is 2. The predicted octanol–water partition coefficient (Wildman–Crippen LogP) is -12.0. The number of likely N-dealkylation sites (N-methyl/N-ethyl adjacent to an activating group) is 1. The normalized spacial score (nSPS) is 17.5. The smallest absolute Gasteiger partial charge is 0.282 e. The van der Waals surface area contributed by atoms with Gasteiger partial charge >= 0.3 is 129 Å². The van der Waals surface area contributed by atoms with Gasteiger partial charge in [-0.3, -0.25) is 48.1 Å². The molecule has 4 aromatic carbocycles. The zero-order chi connectivity index (χ0) is 101. The number of carboxylic acid groups (broad SMARTS) is 2. The first-order valence-electron chi connectivity index (χ1n) is 41.3.